The van der Waals surface area contributed by atoms with Crippen molar-refractivity contribution in [2.75, 3.05) is 0 Å². The van der Waals surface area contributed by atoms with E-state index in [0.29, 0.717) is 35.3 Å². The first-order chi connectivity index (χ1) is 11.2. The molecule has 1 aromatic heterocycles. The fourth-order valence-corrected chi connectivity index (χ4v) is 2.44. The molecule has 4 heteroatoms. The Balaban J connectivity index is 2.05. The van der Waals surface area contributed by atoms with Crippen molar-refractivity contribution in [3.05, 3.63) is 82.7 Å². The van der Waals surface area contributed by atoms with Crippen LogP contribution in [0.4, 0.5) is 0 Å². The largest absolute Gasteiger partial charge is 0.508 e. The lowest BCUT2D eigenvalue weighted by Gasteiger charge is -2.11. The molecular formula is C19H16O4. The van der Waals surface area contributed by atoms with Gasteiger partial charge in [0, 0.05) is 5.56 Å². The van der Waals surface area contributed by atoms with Crippen LogP contribution in [0.3, 0.4) is 0 Å². The third kappa shape index (κ3) is 3.11. The van der Waals surface area contributed by atoms with Crippen molar-refractivity contribution in [3.63, 3.8) is 0 Å². The van der Waals surface area contributed by atoms with Gasteiger partial charge in [-0.15, -0.1) is 6.58 Å². The molecule has 2 aromatic carbocycles. The summed E-state index contributed by atoms with van der Waals surface area (Å²) in [5.74, 6) is 0.506. The predicted molar refractivity (Wildman–Crippen MR) is 88.8 cm³/mol. The summed E-state index contributed by atoms with van der Waals surface area (Å²) in [5, 5.41) is 10.6. The maximum Gasteiger partial charge on any atom is 0.339 e. The number of aromatic hydroxyl groups is 1. The number of rotatable bonds is 5. The summed E-state index contributed by atoms with van der Waals surface area (Å²) < 4.78 is 11.1. The molecule has 116 valence electrons. The van der Waals surface area contributed by atoms with Crippen molar-refractivity contribution in [2.45, 2.75) is 13.0 Å². The molecule has 1 N–H and O–H groups in total. The van der Waals surface area contributed by atoms with Gasteiger partial charge in [0.2, 0.25) is 0 Å². The lowest BCUT2D eigenvalue weighted by atomic mass is 10.1. The summed E-state index contributed by atoms with van der Waals surface area (Å²) in [6, 6.07) is 14.2. The van der Waals surface area contributed by atoms with Crippen LogP contribution in [0.25, 0.3) is 11.0 Å². The van der Waals surface area contributed by atoms with E-state index in [0.717, 1.165) is 5.56 Å². The second-order valence-corrected chi connectivity index (χ2v) is 5.14. The van der Waals surface area contributed by atoms with E-state index in [2.05, 4.69) is 6.58 Å². The SMILES string of the molecule is C=CCc1c(O)ccc2c(OCc3ccccc3)cc(=O)oc12. The first kappa shape index (κ1) is 14.9. The van der Waals surface area contributed by atoms with E-state index >= 15 is 0 Å². The molecule has 0 saturated carbocycles. The average Bonchev–Trinajstić information content (AvgIpc) is 2.56. The van der Waals surface area contributed by atoms with E-state index in [1.807, 2.05) is 30.3 Å². The van der Waals surface area contributed by atoms with Gasteiger partial charge >= 0.3 is 5.63 Å². The van der Waals surface area contributed by atoms with E-state index < -0.39 is 5.63 Å². The minimum atomic E-state index is -0.517. The molecule has 0 aliphatic carbocycles. The zero-order valence-corrected chi connectivity index (χ0v) is 12.5. The zero-order chi connectivity index (χ0) is 16.2. The van der Waals surface area contributed by atoms with Gasteiger partial charge in [-0.25, -0.2) is 4.79 Å². The third-order valence-electron chi connectivity index (χ3n) is 3.54. The number of ether oxygens (including phenoxy) is 1. The number of hydrogen-bond donors (Lipinski definition) is 1. The van der Waals surface area contributed by atoms with Crippen LogP contribution < -0.4 is 10.4 Å². The summed E-state index contributed by atoms with van der Waals surface area (Å²) in [6.45, 7) is 4.01. The van der Waals surface area contributed by atoms with Gasteiger partial charge < -0.3 is 14.3 Å². The van der Waals surface area contributed by atoms with Crippen molar-refractivity contribution in [1.29, 1.82) is 0 Å². The number of allylic oxidation sites excluding steroid dienone is 1. The second-order valence-electron chi connectivity index (χ2n) is 5.14. The first-order valence-corrected chi connectivity index (χ1v) is 7.25. The van der Waals surface area contributed by atoms with Crippen LogP contribution in [0, 0.1) is 0 Å². The molecule has 0 amide bonds. The van der Waals surface area contributed by atoms with Crippen LogP contribution in [-0.4, -0.2) is 5.11 Å². The highest BCUT2D eigenvalue weighted by Crippen LogP contribution is 2.32. The molecule has 0 aliphatic heterocycles. The van der Waals surface area contributed by atoms with Crippen molar-refractivity contribution < 1.29 is 14.3 Å². The molecule has 3 rings (SSSR count). The molecule has 0 saturated heterocycles. The smallest absolute Gasteiger partial charge is 0.339 e. The average molecular weight is 308 g/mol. The Kier molecular flexibility index (Phi) is 4.15. The molecular weight excluding hydrogens is 292 g/mol. The number of phenols is 1. The topological polar surface area (TPSA) is 59.7 Å². The first-order valence-electron chi connectivity index (χ1n) is 7.25. The van der Waals surface area contributed by atoms with E-state index in [-0.39, 0.29) is 5.75 Å². The Morgan fingerprint density at radius 3 is 2.70 bits per heavy atom. The van der Waals surface area contributed by atoms with Crippen molar-refractivity contribution in [3.8, 4) is 11.5 Å². The highest BCUT2D eigenvalue weighted by molar-refractivity contribution is 5.87. The summed E-state index contributed by atoms with van der Waals surface area (Å²) in [6.07, 6.45) is 2.04. The van der Waals surface area contributed by atoms with Crippen molar-refractivity contribution in [1.82, 2.24) is 0 Å². The zero-order valence-electron chi connectivity index (χ0n) is 12.5. The molecule has 0 bridgehead atoms. The maximum atomic E-state index is 11.8. The Hall–Kier alpha value is -3.01. The summed E-state index contributed by atoms with van der Waals surface area (Å²) in [7, 11) is 0. The van der Waals surface area contributed by atoms with E-state index in [4.69, 9.17) is 9.15 Å². The molecule has 4 nitrogen and oxygen atoms in total. The molecule has 0 radical (unpaired) electrons. The summed E-state index contributed by atoms with van der Waals surface area (Å²) in [5.41, 5.74) is 1.34. The monoisotopic (exact) mass is 308 g/mol. The van der Waals surface area contributed by atoms with E-state index in [1.54, 1.807) is 18.2 Å². The van der Waals surface area contributed by atoms with Crippen LogP contribution in [-0.2, 0) is 13.0 Å². The van der Waals surface area contributed by atoms with E-state index in [9.17, 15) is 9.90 Å². The Labute approximate surface area is 133 Å². The third-order valence-corrected chi connectivity index (χ3v) is 3.54. The maximum absolute atomic E-state index is 11.8. The van der Waals surface area contributed by atoms with Gasteiger partial charge in [-0.3, -0.25) is 0 Å². The lowest BCUT2D eigenvalue weighted by molar-refractivity contribution is 0.307. The minimum Gasteiger partial charge on any atom is -0.508 e. The number of benzene rings is 2. The molecule has 0 fully saturated rings. The van der Waals surface area contributed by atoms with Crippen molar-refractivity contribution >= 4 is 11.0 Å². The van der Waals surface area contributed by atoms with Crippen LogP contribution in [0.1, 0.15) is 11.1 Å². The molecule has 0 atom stereocenters. The quantitative estimate of drug-likeness (QED) is 0.575. The number of fused-ring (bicyclic) bond motifs is 1. The molecule has 0 aliphatic rings. The Morgan fingerprint density at radius 2 is 1.96 bits per heavy atom. The lowest BCUT2D eigenvalue weighted by Crippen LogP contribution is -2.03. The van der Waals surface area contributed by atoms with E-state index in [1.165, 1.54) is 6.07 Å². The highest BCUT2D eigenvalue weighted by Gasteiger charge is 2.13. The van der Waals surface area contributed by atoms with Gasteiger partial charge in [-0.2, -0.15) is 0 Å². The van der Waals surface area contributed by atoms with Crippen LogP contribution >= 0.6 is 0 Å². The van der Waals surface area contributed by atoms with Gasteiger partial charge in [0.25, 0.3) is 0 Å². The van der Waals surface area contributed by atoms with Crippen LogP contribution in [0.2, 0.25) is 0 Å². The summed E-state index contributed by atoms with van der Waals surface area (Å²) in [4.78, 5) is 11.8. The van der Waals surface area contributed by atoms with Crippen LogP contribution in [0.15, 0.2) is 70.4 Å². The van der Waals surface area contributed by atoms with Gasteiger partial charge in [0.1, 0.15) is 23.7 Å². The highest BCUT2D eigenvalue weighted by atomic mass is 16.5. The fraction of sp³-hybridized carbons (Fsp3) is 0.105. The molecule has 3 aromatic rings. The Bertz CT molecular complexity index is 894. The van der Waals surface area contributed by atoms with Crippen molar-refractivity contribution in [2.24, 2.45) is 0 Å². The van der Waals surface area contributed by atoms with Gasteiger partial charge in [-0.1, -0.05) is 36.4 Å². The molecule has 23 heavy (non-hydrogen) atoms. The molecule has 1 heterocycles. The Morgan fingerprint density at radius 1 is 1.17 bits per heavy atom. The normalized spacial score (nSPS) is 10.6. The van der Waals surface area contributed by atoms with Gasteiger partial charge in [0.15, 0.2) is 0 Å². The standard InChI is InChI=1S/C19H16O4/c1-2-6-14-16(20)10-9-15-17(11-18(21)23-19(14)15)22-12-13-7-4-3-5-8-13/h2-5,7-11,20H,1,6,12H2. The van der Waals surface area contributed by atoms with Crippen LogP contribution in [0.5, 0.6) is 11.5 Å². The van der Waals surface area contributed by atoms with Gasteiger partial charge in [-0.05, 0) is 24.1 Å². The second kappa shape index (κ2) is 6.40. The molecule has 0 unspecified atom stereocenters. The number of phenolic OH excluding ortho intramolecular Hbond substituents is 1. The summed E-state index contributed by atoms with van der Waals surface area (Å²) >= 11 is 0. The molecule has 0 spiro atoms. The minimum absolute atomic E-state index is 0.0701. The fourth-order valence-electron chi connectivity index (χ4n) is 2.44. The van der Waals surface area contributed by atoms with Gasteiger partial charge in [0.05, 0.1) is 11.5 Å². The number of hydrogen-bond acceptors (Lipinski definition) is 4. The predicted octanol–water partition coefficient (Wildman–Crippen LogP) is 3.81.